The van der Waals surface area contributed by atoms with Gasteiger partial charge >= 0.3 is 0 Å². The van der Waals surface area contributed by atoms with Gasteiger partial charge in [0.05, 0.1) is 16.8 Å². The largest absolute Gasteiger partial charge is 0.322 e. The number of nitrogens with zero attached hydrogens (tertiary/aromatic N) is 2. The Morgan fingerprint density at radius 2 is 2.18 bits per heavy atom. The summed E-state index contributed by atoms with van der Waals surface area (Å²) in [5.41, 5.74) is 7.00. The van der Waals surface area contributed by atoms with Crippen LogP contribution in [0.25, 0.3) is 0 Å². The maximum Gasteiger partial charge on any atom is 0.146 e. The molecule has 0 radical (unpaired) electrons. The van der Waals surface area contributed by atoms with Gasteiger partial charge in [-0.2, -0.15) is 0 Å². The Morgan fingerprint density at radius 3 is 2.88 bits per heavy atom. The van der Waals surface area contributed by atoms with Crippen molar-refractivity contribution in [3.05, 3.63) is 58.9 Å². The van der Waals surface area contributed by atoms with E-state index < -0.39 is 11.9 Å². The van der Waals surface area contributed by atoms with Crippen molar-refractivity contribution in [2.24, 2.45) is 5.73 Å². The molecule has 0 aromatic carbocycles. The Morgan fingerprint density at radius 1 is 1.35 bits per heavy atom. The second kappa shape index (κ2) is 5.21. The zero-order valence-electron chi connectivity index (χ0n) is 8.98. The highest BCUT2D eigenvalue weighted by Gasteiger charge is 2.14. The number of nitrogens with two attached hydrogens (primary N) is 1. The highest BCUT2D eigenvalue weighted by atomic mass is 35.5. The van der Waals surface area contributed by atoms with Crippen LogP contribution in [0.4, 0.5) is 4.39 Å². The molecule has 3 nitrogen and oxygen atoms in total. The van der Waals surface area contributed by atoms with E-state index in [1.807, 2.05) is 0 Å². The van der Waals surface area contributed by atoms with Crippen LogP contribution < -0.4 is 5.73 Å². The first-order valence-electron chi connectivity index (χ1n) is 5.13. The zero-order valence-corrected chi connectivity index (χ0v) is 9.73. The summed E-state index contributed by atoms with van der Waals surface area (Å²) in [5, 5.41) is 0.527. The second-order valence-electron chi connectivity index (χ2n) is 3.65. The highest BCUT2D eigenvalue weighted by molar-refractivity contribution is 6.31. The van der Waals surface area contributed by atoms with Crippen molar-refractivity contribution in [1.82, 2.24) is 9.97 Å². The average molecular weight is 252 g/mol. The number of hydrogen-bond donors (Lipinski definition) is 1. The third-order valence-corrected chi connectivity index (χ3v) is 2.77. The molecule has 0 spiro atoms. The molecule has 2 N–H and O–H groups in total. The van der Waals surface area contributed by atoms with Crippen LogP contribution in [-0.2, 0) is 6.42 Å². The van der Waals surface area contributed by atoms with E-state index in [4.69, 9.17) is 17.3 Å². The number of pyridine rings is 2. The average Bonchev–Trinajstić information content (AvgIpc) is 2.32. The first-order valence-corrected chi connectivity index (χ1v) is 5.50. The van der Waals surface area contributed by atoms with Crippen molar-refractivity contribution >= 4 is 11.6 Å². The lowest BCUT2D eigenvalue weighted by Crippen LogP contribution is -2.16. The summed E-state index contributed by atoms with van der Waals surface area (Å²) in [6.45, 7) is 0. The van der Waals surface area contributed by atoms with Crippen LogP contribution in [-0.4, -0.2) is 9.97 Å². The maximum absolute atomic E-state index is 13.5. The smallest absolute Gasteiger partial charge is 0.146 e. The monoisotopic (exact) mass is 251 g/mol. The van der Waals surface area contributed by atoms with E-state index in [2.05, 4.69) is 9.97 Å². The summed E-state index contributed by atoms with van der Waals surface area (Å²) in [6, 6.07) is 4.13. The first-order chi connectivity index (χ1) is 8.18. The van der Waals surface area contributed by atoms with Gasteiger partial charge in [0.2, 0.25) is 0 Å². The van der Waals surface area contributed by atoms with Crippen molar-refractivity contribution in [3.8, 4) is 0 Å². The van der Waals surface area contributed by atoms with E-state index in [1.165, 1.54) is 18.3 Å². The molecular weight excluding hydrogens is 241 g/mol. The van der Waals surface area contributed by atoms with Crippen LogP contribution in [0.15, 0.2) is 36.8 Å². The van der Waals surface area contributed by atoms with E-state index >= 15 is 0 Å². The molecule has 5 heteroatoms. The lowest BCUT2D eigenvalue weighted by molar-refractivity contribution is 0.564. The van der Waals surface area contributed by atoms with Gasteiger partial charge < -0.3 is 5.73 Å². The highest BCUT2D eigenvalue weighted by Crippen LogP contribution is 2.21. The summed E-state index contributed by atoms with van der Waals surface area (Å²) >= 11 is 5.96. The van der Waals surface area contributed by atoms with Crippen molar-refractivity contribution in [2.75, 3.05) is 0 Å². The third kappa shape index (κ3) is 2.78. The summed E-state index contributed by atoms with van der Waals surface area (Å²) < 4.78 is 13.5. The third-order valence-electron chi connectivity index (χ3n) is 2.43. The lowest BCUT2D eigenvalue weighted by Gasteiger charge is -2.12. The van der Waals surface area contributed by atoms with Gasteiger partial charge in [0.1, 0.15) is 5.82 Å². The standard InChI is InChI=1S/C12H11ClFN3/c13-9-7-16-5-3-8(9)6-11(15)12-10(14)2-1-4-17-12/h1-5,7,11H,6,15H2. The molecular formula is C12H11ClFN3. The Labute approximate surface area is 103 Å². The van der Waals surface area contributed by atoms with Crippen LogP contribution in [0.1, 0.15) is 17.3 Å². The van der Waals surface area contributed by atoms with E-state index in [0.29, 0.717) is 11.4 Å². The van der Waals surface area contributed by atoms with E-state index in [0.717, 1.165) is 5.56 Å². The van der Waals surface area contributed by atoms with Crippen LogP contribution >= 0.6 is 11.6 Å². The molecule has 2 aromatic rings. The van der Waals surface area contributed by atoms with Gasteiger partial charge in [0.25, 0.3) is 0 Å². The van der Waals surface area contributed by atoms with Gasteiger partial charge in [0.15, 0.2) is 0 Å². The Hall–Kier alpha value is -1.52. The van der Waals surface area contributed by atoms with Gasteiger partial charge in [0, 0.05) is 18.6 Å². The molecule has 0 amide bonds. The molecule has 0 aliphatic carbocycles. The molecule has 0 aliphatic heterocycles. The number of halogens is 2. The molecule has 2 heterocycles. The van der Waals surface area contributed by atoms with Crippen molar-refractivity contribution in [3.63, 3.8) is 0 Å². The molecule has 2 rings (SSSR count). The van der Waals surface area contributed by atoms with E-state index in [-0.39, 0.29) is 5.69 Å². The molecule has 0 aliphatic rings. The predicted molar refractivity (Wildman–Crippen MR) is 64.1 cm³/mol. The summed E-state index contributed by atoms with van der Waals surface area (Å²) in [5.74, 6) is -0.398. The molecule has 0 bridgehead atoms. The molecule has 17 heavy (non-hydrogen) atoms. The Bertz CT molecular complexity index is 519. The molecule has 88 valence electrons. The van der Waals surface area contributed by atoms with Gasteiger partial charge in [-0.25, -0.2) is 4.39 Å². The van der Waals surface area contributed by atoms with E-state index in [1.54, 1.807) is 18.5 Å². The molecule has 0 fully saturated rings. The maximum atomic E-state index is 13.5. The molecule has 0 saturated carbocycles. The quantitative estimate of drug-likeness (QED) is 0.912. The number of rotatable bonds is 3. The fraction of sp³-hybridized carbons (Fsp3) is 0.167. The topological polar surface area (TPSA) is 51.8 Å². The van der Waals surface area contributed by atoms with Crippen molar-refractivity contribution in [2.45, 2.75) is 12.5 Å². The molecule has 2 aromatic heterocycles. The minimum Gasteiger partial charge on any atom is -0.322 e. The van der Waals surface area contributed by atoms with Gasteiger partial charge in [-0.1, -0.05) is 11.6 Å². The van der Waals surface area contributed by atoms with Crippen molar-refractivity contribution < 1.29 is 4.39 Å². The van der Waals surface area contributed by atoms with Gasteiger partial charge in [-0.05, 0) is 30.2 Å². The predicted octanol–water partition coefficient (Wildman–Crippen LogP) is 2.51. The normalized spacial score (nSPS) is 12.4. The van der Waals surface area contributed by atoms with Crippen LogP contribution in [0.3, 0.4) is 0 Å². The summed E-state index contributed by atoms with van der Waals surface area (Å²) in [4.78, 5) is 7.83. The first kappa shape index (κ1) is 12.0. The number of hydrogen-bond acceptors (Lipinski definition) is 3. The fourth-order valence-electron chi connectivity index (χ4n) is 1.57. The second-order valence-corrected chi connectivity index (χ2v) is 4.06. The molecule has 1 atom stereocenters. The van der Waals surface area contributed by atoms with Crippen LogP contribution in [0.5, 0.6) is 0 Å². The minimum atomic E-state index is -0.518. The fourth-order valence-corrected chi connectivity index (χ4v) is 1.77. The van der Waals surface area contributed by atoms with Crippen LogP contribution in [0, 0.1) is 5.82 Å². The van der Waals surface area contributed by atoms with E-state index in [9.17, 15) is 4.39 Å². The lowest BCUT2D eigenvalue weighted by atomic mass is 10.0. The van der Waals surface area contributed by atoms with Gasteiger partial charge in [-0.3, -0.25) is 9.97 Å². The minimum absolute atomic E-state index is 0.250. The Balaban J connectivity index is 2.20. The molecule has 0 saturated heterocycles. The zero-order chi connectivity index (χ0) is 12.3. The van der Waals surface area contributed by atoms with Crippen molar-refractivity contribution in [1.29, 1.82) is 0 Å². The van der Waals surface area contributed by atoms with Crippen LogP contribution in [0.2, 0.25) is 5.02 Å². The summed E-state index contributed by atoms with van der Waals surface area (Å²) in [6.07, 6.45) is 5.11. The summed E-state index contributed by atoms with van der Waals surface area (Å²) in [7, 11) is 0. The number of aromatic nitrogens is 2. The SMILES string of the molecule is NC(Cc1ccncc1Cl)c1ncccc1F. The van der Waals surface area contributed by atoms with Gasteiger partial charge in [-0.15, -0.1) is 0 Å². The molecule has 1 unspecified atom stereocenters. The Kier molecular flexibility index (Phi) is 3.66.